The smallest absolute Gasteiger partial charge is 0.238 e. The maximum Gasteiger partial charge on any atom is 0.238 e. The van der Waals surface area contributed by atoms with Crippen LogP contribution >= 0.6 is 0 Å². The first-order chi connectivity index (χ1) is 19.7. The van der Waals surface area contributed by atoms with Crippen LogP contribution in [0.5, 0.6) is 0 Å². The van der Waals surface area contributed by atoms with Gasteiger partial charge in [-0.25, -0.2) is 13.6 Å². The monoisotopic (exact) mass is 568 g/mol. The van der Waals surface area contributed by atoms with Gasteiger partial charge in [0.05, 0.1) is 16.9 Å². The molecule has 1 heterocycles. The summed E-state index contributed by atoms with van der Waals surface area (Å²) in [6.07, 6.45) is 0. The summed E-state index contributed by atoms with van der Waals surface area (Å²) in [5, 5.41) is 19.8. The first-order valence-electron chi connectivity index (χ1n) is 13.2. The number of piperazine rings is 1. The van der Waals surface area contributed by atoms with E-state index < -0.39 is 15.9 Å². The van der Waals surface area contributed by atoms with E-state index in [1.807, 2.05) is 48.5 Å². The van der Waals surface area contributed by atoms with Crippen molar-refractivity contribution in [2.45, 2.75) is 16.9 Å². The van der Waals surface area contributed by atoms with Crippen molar-refractivity contribution in [1.82, 2.24) is 5.32 Å². The normalized spacial score (nSPS) is 16.1. The number of benzene rings is 4. The van der Waals surface area contributed by atoms with Crippen LogP contribution in [0.25, 0.3) is 11.1 Å². The number of nitrogen functional groups attached to an aromatic ring is 1. The quantitative estimate of drug-likeness (QED) is 0.162. The number of anilines is 2. The molecule has 41 heavy (non-hydrogen) atoms. The van der Waals surface area contributed by atoms with E-state index in [9.17, 15) is 13.2 Å². The number of carbonyl (C=O) groups excluding carboxylic acids is 1. The van der Waals surface area contributed by atoms with Gasteiger partial charge in [-0.3, -0.25) is 10.2 Å². The lowest BCUT2D eigenvalue weighted by Crippen LogP contribution is -2.56. The van der Waals surface area contributed by atoms with Gasteiger partial charge in [-0.1, -0.05) is 72.8 Å². The highest BCUT2D eigenvalue weighted by atomic mass is 32.2. The molecule has 1 aliphatic heterocycles. The zero-order valence-corrected chi connectivity index (χ0v) is 23.1. The number of primary sulfonamides is 1. The highest BCUT2D eigenvalue weighted by molar-refractivity contribution is 7.89. The number of hydrogen-bond acceptors (Lipinski definition) is 6. The largest absolute Gasteiger partial charge is 0.384 e. The van der Waals surface area contributed by atoms with Crippen molar-refractivity contribution in [1.29, 1.82) is 5.41 Å². The minimum Gasteiger partial charge on any atom is -0.384 e. The Morgan fingerprint density at radius 1 is 0.951 bits per heavy atom. The average molecular weight is 569 g/mol. The lowest BCUT2D eigenvalue weighted by Gasteiger charge is -2.42. The van der Waals surface area contributed by atoms with Crippen LogP contribution in [-0.4, -0.2) is 45.8 Å². The summed E-state index contributed by atoms with van der Waals surface area (Å²) in [6.45, 7) is 2.02. The Balaban J connectivity index is 1.45. The van der Waals surface area contributed by atoms with E-state index in [2.05, 4.69) is 15.5 Å². The Bertz CT molecular complexity index is 1660. The summed E-state index contributed by atoms with van der Waals surface area (Å²) in [5.41, 5.74) is 9.91. The highest BCUT2D eigenvalue weighted by Gasteiger charge is 2.36. The molecule has 4 aromatic carbocycles. The van der Waals surface area contributed by atoms with Crippen LogP contribution in [0.1, 0.15) is 17.0 Å². The molecule has 0 saturated carbocycles. The molecule has 0 aromatic heterocycles. The Morgan fingerprint density at radius 3 is 2.37 bits per heavy atom. The fourth-order valence-corrected chi connectivity index (χ4v) is 6.07. The summed E-state index contributed by atoms with van der Waals surface area (Å²) in [7, 11) is -3.90. The molecule has 9 nitrogen and oxygen atoms in total. The van der Waals surface area contributed by atoms with Crippen LogP contribution in [0.3, 0.4) is 0 Å². The Morgan fingerprint density at radius 2 is 1.66 bits per heavy atom. The topological polar surface area (TPSA) is 154 Å². The maximum atomic E-state index is 14.0. The molecule has 210 valence electrons. The molecular weight excluding hydrogens is 536 g/mol. The third-order valence-corrected chi connectivity index (χ3v) is 8.22. The van der Waals surface area contributed by atoms with Crippen LogP contribution in [0, 0.1) is 5.41 Å². The minimum absolute atomic E-state index is 0.00832. The van der Waals surface area contributed by atoms with Crippen molar-refractivity contribution in [3.8, 4) is 11.1 Å². The van der Waals surface area contributed by atoms with Crippen LogP contribution in [0.15, 0.2) is 108 Å². The second-order valence-corrected chi connectivity index (χ2v) is 11.5. The first-order valence-corrected chi connectivity index (χ1v) is 14.8. The molecule has 7 N–H and O–H groups in total. The van der Waals surface area contributed by atoms with Gasteiger partial charge in [-0.2, -0.15) is 0 Å². The Kier molecular flexibility index (Phi) is 8.16. The molecule has 10 heteroatoms. The van der Waals surface area contributed by atoms with E-state index in [-0.39, 0.29) is 22.7 Å². The summed E-state index contributed by atoms with van der Waals surface area (Å²) in [4.78, 5) is 16.2. The number of nitrogens with zero attached hydrogens (tertiary/aromatic N) is 1. The van der Waals surface area contributed by atoms with Crippen molar-refractivity contribution < 1.29 is 13.2 Å². The third-order valence-electron chi connectivity index (χ3n) is 7.26. The summed E-state index contributed by atoms with van der Waals surface area (Å²) < 4.78 is 24.2. The second kappa shape index (κ2) is 11.9. The lowest BCUT2D eigenvalue weighted by molar-refractivity contribution is -0.118. The molecule has 4 aromatic rings. The van der Waals surface area contributed by atoms with Gasteiger partial charge in [-0.05, 0) is 41.5 Å². The number of carbonyl (C=O) groups is 1. The molecule has 1 amide bonds. The molecule has 0 radical (unpaired) electrons. The number of amides is 1. The molecule has 2 unspecified atom stereocenters. The fraction of sp³-hybridized carbons (Fsp3) is 0.161. The van der Waals surface area contributed by atoms with Crippen molar-refractivity contribution in [2.24, 2.45) is 10.9 Å². The van der Waals surface area contributed by atoms with Crippen LogP contribution in [0.4, 0.5) is 11.4 Å². The third kappa shape index (κ3) is 6.30. The van der Waals surface area contributed by atoms with Gasteiger partial charge in [-0.15, -0.1) is 0 Å². The molecule has 0 aliphatic carbocycles. The van der Waals surface area contributed by atoms with Gasteiger partial charge in [0.25, 0.3) is 0 Å². The number of sulfonamides is 1. The summed E-state index contributed by atoms with van der Waals surface area (Å²) in [6, 6.07) is 30.6. The molecule has 2 atom stereocenters. The summed E-state index contributed by atoms with van der Waals surface area (Å²) >= 11 is 0. The number of nitrogens with one attached hydrogen (secondary N) is 3. The maximum absolute atomic E-state index is 14.0. The van der Waals surface area contributed by atoms with E-state index in [0.29, 0.717) is 35.5 Å². The van der Waals surface area contributed by atoms with Gasteiger partial charge < -0.3 is 21.3 Å². The van der Waals surface area contributed by atoms with E-state index in [1.165, 1.54) is 6.07 Å². The predicted molar refractivity (Wildman–Crippen MR) is 163 cm³/mol. The minimum atomic E-state index is -3.90. The van der Waals surface area contributed by atoms with E-state index in [1.54, 1.807) is 48.5 Å². The fourth-order valence-electron chi connectivity index (χ4n) is 5.31. The molecule has 1 fully saturated rings. The van der Waals surface area contributed by atoms with Gasteiger partial charge in [0, 0.05) is 42.1 Å². The van der Waals surface area contributed by atoms with Crippen LogP contribution < -0.4 is 26.4 Å². The zero-order chi connectivity index (χ0) is 29.0. The summed E-state index contributed by atoms with van der Waals surface area (Å²) in [5.74, 6) is -0.700. The molecule has 0 bridgehead atoms. The predicted octanol–water partition coefficient (Wildman–Crippen LogP) is 3.49. The second-order valence-electron chi connectivity index (χ2n) is 9.92. The van der Waals surface area contributed by atoms with E-state index in [0.717, 1.165) is 17.8 Å². The molecular formula is C31H32N6O3S. The Labute approximate surface area is 239 Å². The van der Waals surface area contributed by atoms with Gasteiger partial charge in [0.1, 0.15) is 5.84 Å². The number of rotatable bonds is 8. The zero-order valence-electron chi connectivity index (χ0n) is 22.3. The van der Waals surface area contributed by atoms with Gasteiger partial charge in [0.2, 0.25) is 15.9 Å². The first kappa shape index (κ1) is 28.0. The lowest BCUT2D eigenvalue weighted by atomic mass is 9.87. The van der Waals surface area contributed by atoms with Crippen molar-refractivity contribution in [2.75, 3.05) is 29.9 Å². The van der Waals surface area contributed by atoms with Crippen molar-refractivity contribution >= 4 is 33.1 Å². The average Bonchev–Trinajstić information content (AvgIpc) is 2.98. The molecule has 5 rings (SSSR count). The number of hydrogen-bond donors (Lipinski definition) is 5. The SMILES string of the molecule is N=C(N)c1cccc(N2CCNCC2C(C(=O)Nc2ccc(-c3ccccc3S(N)(=O)=O)cc2)c2ccccc2)c1. The molecule has 0 spiro atoms. The molecule has 1 saturated heterocycles. The van der Waals surface area contributed by atoms with Crippen LogP contribution in [0.2, 0.25) is 0 Å². The van der Waals surface area contributed by atoms with E-state index in [4.69, 9.17) is 16.3 Å². The van der Waals surface area contributed by atoms with Crippen molar-refractivity contribution in [3.05, 3.63) is 114 Å². The highest BCUT2D eigenvalue weighted by Crippen LogP contribution is 2.32. The van der Waals surface area contributed by atoms with E-state index >= 15 is 0 Å². The van der Waals surface area contributed by atoms with Crippen LogP contribution in [-0.2, 0) is 14.8 Å². The molecule has 1 aliphatic rings. The standard InChI is InChI=1S/C31H32N6O3S/c32-30(33)23-9-6-10-25(19-23)37-18-17-35-20-27(37)29(22-7-2-1-3-8-22)31(38)36-24-15-13-21(14-16-24)26-11-4-5-12-28(26)41(34,39)40/h1-16,19,27,29,35H,17-18,20H2,(H3,32,33)(H,36,38)(H2,34,39,40). The number of amidine groups is 1. The van der Waals surface area contributed by atoms with Gasteiger partial charge >= 0.3 is 0 Å². The van der Waals surface area contributed by atoms with Crippen molar-refractivity contribution in [3.63, 3.8) is 0 Å². The number of nitrogens with two attached hydrogens (primary N) is 2. The Hall–Kier alpha value is -4.51. The van der Waals surface area contributed by atoms with Gasteiger partial charge in [0.15, 0.2) is 0 Å².